The molecule has 6 nitrogen and oxygen atoms in total. The molecule has 1 N–H and O–H groups in total. The summed E-state index contributed by atoms with van der Waals surface area (Å²) in [5, 5.41) is 13.8. The lowest BCUT2D eigenvalue weighted by molar-refractivity contribution is -0.383. The molecular formula is C16H13N3O3. The first-order valence-corrected chi connectivity index (χ1v) is 6.67. The predicted molar refractivity (Wildman–Crippen MR) is 85.6 cm³/mol. The maximum atomic E-state index is 11.0. The Kier molecular flexibility index (Phi) is 3.57. The van der Waals surface area contributed by atoms with Gasteiger partial charge >= 0.3 is 0 Å². The van der Waals surface area contributed by atoms with Crippen molar-refractivity contribution in [3.8, 4) is 0 Å². The number of oxazole rings is 1. The molecule has 110 valence electrons. The van der Waals surface area contributed by atoms with Crippen molar-refractivity contribution in [1.29, 1.82) is 0 Å². The van der Waals surface area contributed by atoms with Crippen molar-refractivity contribution in [1.82, 2.24) is 4.98 Å². The number of nitrogens with zero attached hydrogens (tertiary/aromatic N) is 2. The summed E-state index contributed by atoms with van der Waals surface area (Å²) in [6.07, 6.45) is 3.43. The first-order chi connectivity index (χ1) is 10.7. The topological polar surface area (TPSA) is 81.2 Å². The van der Waals surface area contributed by atoms with Crippen LogP contribution in [0.4, 0.5) is 11.4 Å². The highest BCUT2D eigenvalue weighted by Gasteiger charge is 2.12. The number of para-hydroxylation sites is 2. The van der Waals surface area contributed by atoms with E-state index in [2.05, 4.69) is 10.3 Å². The van der Waals surface area contributed by atoms with Crippen molar-refractivity contribution < 1.29 is 9.34 Å². The van der Waals surface area contributed by atoms with Gasteiger partial charge in [-0.25, -0.2) is 4.98 Å². The summed E-state index contributed by atoms with van der Waals surface area (Å²) in [6, 6.07) is 12.4. The van der Waals surface area contributed by atoms with E-state index in [1.807, 2.05) is 24.3 Å². The van der Waals surface area contributed by atoms with Crippen LogP contribution in [-0.2, 0) is 0 Å². The first-order valence-electron chi connectivity index (χ1n) is 6.67. The molecular weight excluding hydrogens is 282 g/mol. The third-order valence-corrected chi connectivity index (χ3v) is 3.22. The number of nitro groups is 1. The average Bonchev–Trinajstić information content (AvgIpc) is 2.95. The van der Waals surface area contributed by atoms with Gasteiger partial charge in [0.15, 0.2) is 5.58 Å². The maximum absolute atomic E-state index is 11.0. The van der Waals surface area contributed by atoms with Gasteiger partial charge in [-0.3, -0.25) is 10.1 Å². The third kappa shape index (κ3) is 2.67. The van der Waals surface area contributed by atoms with E-state index in [4.69, 9.17) is 4.42 Å². The van der Waals surface area contributed by atoms with Crippen LogP contribution < -0.4 is 5.32 Å². The standard InChI is InChI=1S/C16H13N3O3/c1-17-12-8-6-11(10-14(12)19(20)21)7-9-16-18-13-4-2-3-5-15(13)22-16/h2-10,17H,1H3/b9-7+. The molecule has 0 saturated carbocycles. The fraction of sp³-hybridized carbons (Fsp3) is 0.0625. The number of benzene rings is 2. The molecule has 0 spiro atoms. The molecule has 0 radical (unpaired) electrons. The summed E-state index contributed by atoms with van der Waals surface area (Å²) >= 11 is 0. The molecule has 22 heavy (non-hydrogen) atoms. The lowest BCUT2D eigenvalue weighted by Crippen LogP contribution is -1.96. The molecule has 0 unspecified atom stereocenters. The molecule has 2 aromatic carbocycles. The second-order valence-corrected chi connectivity index (χ2v) is 4.64. The van der Waals surface area contributed by atoms with Gasteiger partial charge in [0.2, 0.25) is 5.89 Å². The fourth-order valence-electron chi connectivity index (χ4n) is 2.14. The quantitative estimate of drug-likeness (QED) is 0.582. The lowest BCUT2D eigenvalue weighted by Gasteiger charge is -2.02. The largest absolute Gasteiger partial charge is 0.437 e. The van der Waals surface area contributed by atoms with Crippen LogP contribution in [0.15, 0.2) is 46.9 Å². The summed E-state index contributed by atoms with van der Waals surface area (Å²) in [4.78, 5) is 14.9. The molecule has 0 amide bonds. The van der Waals surface area contributed by atoms with Crippen molar-refractivity contribution in [2.24, 2.45) is 0 Å². The van der Waals surface area contributed by atoms with Gasteiger partial charge in [0.1, 0.15) is 11.2 Å². The smallest absolute Gasteiger partial charge is 0.292 e. The Balaban J connectivity index is 1.91. The molecule has 0 aliphatic heterocycles. The zero-order chi connectivity index (χ0) is 15.5. The molecule has 0 bridgehead atoms. The van der Waals surface area contributed by atoms with Crippen molar-refractivity contribution in [2.75, 3.05) is 12.4 Å². The van der Waals surface area contributed by atoms with Crippen LogP contribution in [0.1, 0.15) is 11.5 Å². The van der Waals surface area contributed by atoms with Gasteiger partial charge < -0.3 is 9.73 Å². The van der Waals surface area contributed by atoms with E-state index in [9.17, 15) is 10.1 Å². The van der Waals surface area contributed by atoms with Crippen LogP contribution in [0, 0.1) is 10.1 Å². The van der Waals surface area contributed by atoms with Gasteiger partial charge in [-0.2, -0.15) is 0 Å². The lowest BCUT2D eigenvalue weighted by atomic mass is 10.1. The average molecular weight is 295 g/mol. The highest BCUT2D eigenvalue weighted by Crippen LogP contribution is 2.26. The second kappa shape index (κ2) is 5.69. The molecule has 3 aromatic rings. The Hall–Kier alpha value is -3.15. The first kappa shape index (κ1) is 13.8. The minimum atomic E-state index is -0.414. The number of nitro benzene ring substituents is 1. The highest BCUT2D eigenvalue weighted by atomic mass is 16.6. The molecule has 0 aliphatic carbocycles. The van der Waals surface area contributed by atoms with E-state index in [1.165, 1.54) is 6.07 Å². The van der Waals surface area contributed by atoms with Crippen molar-refractivity contribution in [2.45, 2.75) is 0 Å². The van der Waals surface area contributed by atoms with Crippen molar-refractivity contribution in [3.63, 3.8) is 0 Å². The van der Waals surface area contributed by atoms with E-state index in [0.29, 0.717) is 22.7 Å². The highest BCUT2D eigenvalue weighted by molar-refractivity contribution is 5.77. The van der Waals surface area contributed by atoms with E-state index < -0.39 is 4.92 Å². The van der Waals surface area contributed by atoms with Crippen LogP contribution in [0.3, 0.4) is 0 Å². The Morgan fingerprint density at radius 3 is 2.77 bits per heavy atom. The van der Waals surface area contributed by atoms with Gasteiger partial charge in [0.05, 0.1) is 4.92 Å². The monoisotopic (exact) mass is 295 g/mol. The molecule has 0 atom stereocenters. The molecule has 1 aromatic heterocycles. The molecule has 3 rings (SSSR count). The number of nitrogens with one attached hydrogen (secondary N) is 1. The predicted octanol–water partition coefficient (Wildman–Crippen LogP) is 3.95. The number of aromatic nitrogens is 1. The summed E-state index contributed by atoms with van der Waals surface area (Å²) in [5.74, 6) is 0.460. The summed E-state index contributed by atoms with van der Waals surface area (Å²) in [5.41, 5.74) is 2.69. The Morgan fingerprint density at radius 1 is 1.23 bits per heavy atom. The van der Waals surface area contributed by atoms with Gasteiger partial charge in [-0.05, 0) is 29.8 Å². The van der Waals surface area contributed by atoms with Crippen LogP contribution in [0.5, 0.6) is 0 Å². The van der Waals surface area contributed by atoms with Crippen LogP contribution >= 0.6 is 0 Å². The normalized spacial score (nSPS) is 11.1. The van der Waals surface area contributed by atoms with E-state index in [-0.39, 0.29) is 5.69 Å². The van der Waals surface area contributed by atoms with Crippen molar-refractivity contribution in [3.05, 3.63) is 64.0 Å². The Labute approximate surface area is 126 Å². The molecule has 0 aliphatic rings. The zero-order valence-electron chi connectivity index (χ0n) is 11.8. The Bertz CT molecular complexity index is 835. The van der Waals surface area contributed by atoms with E-state index in [0.717, 1.165) is 5.52 Å². The summed E-state index contributed by atoms with van der Waals surface area (Å²) in [6.45, 7) is 0. The molecule has 1 heterocycles. The minimum absolute atomic E-state index is 0.0298. The number of fused-ring (bicyclic) bond motifs is 1. The van der Waals surface area contributed by atoms with Gasteiger partial charge in [0, 0.05) is 19.2 Å². The maximum Gasteiger partial charge on any atom is 0.292 e. The van der Waals surface area contributed by atoms with Crippen LogP contribution in [-0.4, -0.2) is 17.0 Å². The number of anilines is 1. The third-order valence-electron chi connectivity index (χ3n) is 3.22. The molecule has 0 fully saturated rings. The fourth-order valence-corrected chi connectivity index (χ4v) is 2.14. The van der Waals surface area contributed by atoms with Crippen LogP contribution in [0.25, 0.3) is 23.3 Å². The SMILES string of the molecule is CNc1ccc(/C=C/c2nc3ccccc3o2)cc1[N+](=O)[O-]. The van der Waals surface area contributed by atoms with Crippen LogP contribution in [0.2, 0.25) is 0 Å². The summed E-state index contributed by atoms with van der Waals surface area (Å²) < 4.78 is 5.57. The number of hydrogen-bond donors (Lipinski definition) is 1. The van der Waals surface area contributed by atoms with E-state index >= 15 is 0 Å². The molecule has 6 heteroatoms. The zero-order valence-corrected chi connectivity index (χ0v) is 11.8. The van der Waals surface area contributed by atoms with Crippen molar-refractivity contribution >= 4 is 34.6 Å². The molecule has 0 saturated heterocycles. The minimum Gasteiger partial charge on any atom is -0.437 e. The summed E-state index contributed by atoms with van der Waals surface area (Å²) in [7, 11) is 1.65. The Morgan fingerprint density at radius 2 is 2.05 bits per heavy atom. The number of rotatable bonds is 4. The van der Waals surface area contributed by atoms with Gasteiger partial charge in [-0.15, -0.1) is 0 Å². The van der Waals surface area contributed by atoms with E-state index in [1.54, 1.807) is 31.3 Å². The van der Waals surface area contributed by atoms with Gasteiger partial charge in [0.25, 0.3) is 5.69 Å². The second-order valence-electron chi connectivity index (χ2n) is 4.64. The number of hydrogen-bond acceptors (Lipinski definition) is 5. The van der Waals surface area contributed by atoms with Gasteiger partial charge in [-0.1, -0.05) is 18.2 Å².